The van der Waals surface area contributed by atoms with Gasteiger partial charge in [0.25, 0.3) is 5.91 Å². The molecular weight excluding hydrogens is 380 g/mol. The number of benzene rings is 2. The van der Waals surface area contributed by atoms with Gasteiger partial charge in [-0.25, -0.2) is 13.1 Å². The fraction of sp³-hybridized carbons (Fsp3) is 0.350. The fourth-order valence-corrected chi connectivity index (χ4v) is 5.60. The maximum Gasteiger partial charge on any atom is 0.258 e. The van der Waals surface area contributed by atoms with E-state index < -0.39 is 10.0 Å². The highest BCUT2D eigenvalue weighted by molar-refractivity contribution is 8.00. The van der Waals surface area contributed by atoms with E-state index in [9.17, 15) is 13.2 Å². The number of fused-ring (bicyclic) bond motifs is 1. The first-order valence-corrected chi connectivity index (χ1v) is 11.5. The van der Waals surface area contributed by atoms with Gasteiger partial charge in [0.1, 0.15) is 0 Å². The van der Waals surface area contributed by atoms with Crippen LogP contribution in [0.15, 0.2) is 58.3 Å². The summed E-state index contributed by atoms with van der Waals surface area (Å²) in [5, 5.41) is 0.415. The van der Waals surface area contributed by atoms with Crippen molar-refractivity contribution in [1.82, 2.24) is 4.72 Å². The van der Waals surface area contributed by atoms with Crippen LogP contribution in [0.25, 0.3) is 0 Å². The third-order valence-electron chi connectivity index (χ3n) is 4.78. The molecule has 0 saturated heterocycles. The molecule has 0 spiro atoms. The highest BCUT2D eigenvalue weighted by Gasteiger charge is 2.29. The summed E-state index contributed by atoms with van der Waals surface area (Å²) in [5.41, 5.74) is 1.28. The number of nitrogens with one attached hydrogen (secondary N) is 1. The zero-order valence-corrected chi connectivity index (χ0v) is 16.7. The quantitative estimate of drug-likeness (QED) is 0.848. The Balaban J connectivity index is 1.66. The maximum atomic E-state index is 13.2. The zero-order chi connectivity index (χ0) is 19.0. The molecule has 1 amide bonds. The van der Waals surface area contributed by atoms with E-state index in [0.29, 0.717) is 17.4 Å². The predicted molar refractivity (Wildman–Crippen MR) is 108 cm³/mol. The maximum absolute atomic E-state index is 13.2. The molecule has 1 unspecified atom stereocenters. The lowest BCUT2D eigenvalue weighted by molar-refractivity contribution is 0.0986. The molecule has 7 heteroatoms. The molecule has 1 saturated carbocycles. The summed E-state index contributed by atoms with van der Waals surface area (Å²) in [6, 6.07) is 14.3. The Hall–Kier alpha value is -1.83. The Morgan fingerprint density at radius 1 is 1.11 bits per heavy atom. The monoisotopic (exact) mass is 402 g/mol. The second kappa shape index (κ2) is 7.30. The summed E-state index contributed by atoms with van der Waals surface area (Å²) >= 11 is 1.77. The molecule has 5 nitrogen and oxygen atoms in total. The van der Waals surface area contributed by atoms with Gasteiger partial charge < -0.3 is 4.90 Å². The number of amides is 1. The van der Waals surface area contributed by atoms with Crippen LogP contribution in [0.5, 0.6) is 0 Å². The van der Waals surface area contributed by atoms with E-state index in [4.69, 9.17) is 0 Å². The smallest absolute Gasteiger partial charge is 0.258 e. The molecule has 27 heavy (non-hydrogen) atoms. The second-order valence-electron chi connectivity index (χ2n) is 7.07. The van der Waals surface area contributed by atoms with E-state index >= 15 is 0 Å². The van der Waals surface area contributed by atoms with Gasteiger partial charge in [-0.1, -0.05) is 25.1 Å². The van der Waals surface area contributed by atoms with Crippen LogP contribution in [0, 0.1) is 0 Å². The molecule has 0 radical (unpaired) electrons. The van der Waals surface area contributed by atoms with Crippen molar-refractivity contribution < 1.29 is 13.2 Å². The van der Waals surface area contributed by atoms with Crippen molar-refractivity contribution in [2.45, 2.75) is 47.3 Å². The summed E-state index contributed by atoms with van der Waals surface area (Å²) in [5.74, 6) is -0.166. The number of rotatable bonds is 4. The van der Waals surface area contributed by atoms with E-state index in [0.717, 1.165) is 29.8 Å². The number of hydrogen-bond donors (Lipinski definition) is 1. The average Bonchev–Trinajstić information content (AvgIpc) is 3.47. The molecule has 2 aromatic carbocycles. The third-order valence-corrected chi connectivity index (χ3v) is 7.53. The van der Waals surface area contributed by atoms with Crippen LogP contribution in [0.3, 0.4) is 0 Å². The molecule has 1 N–H and O–H groups in total. The Morgan fingerprint density at radius 3 is 2.67 bits per heavy atom. The van der Waals surface area contributed by atoms with Gasteiger partial charge in [-0.3, -0.25) is 4.79 Å². The molecule has 1 aliphatic heterocycles. The van der Waals surface area contributed by atoms with Crippen molar-refractivity contribution in [3.8, 4) is 0 Å². The Morgan fingerprint density at radius 2 is 1.89 bits per heavy atom. The lowest BCUT2D eigenvalue weighted by atomic mass is 10.1. The second-order valence-corrected chi connectivity index (χ2v) is 10.3. The predicted octanol–water partition coefficient (Wildman–Crippen LogP) is 3.66. The number of carbonyl (C=O) groups is 1. The largest absolute Gasteiger partial charge is 0.307 e. The molecule has 1 fully saturated rings. The van der Waals surface area contributed by atoms with Gasteiger partial charge in [-0.2, -0.15) is 0 Å². The first-order valence-electron chi connectivity index (χ1n) is 9.14. The van der Waals surface area contributed by atoms with Gasteiger partial charge in [0.15, 0.2) is 0 Å². The molecule has 1 heterocycles. The Kier molecular flexibility index (Phi) is 5.01. The van der Waals surface area contributed by atoms with E-state index in [1.165, 1.54) is 12.1 Å². The van der Waals surface area contributed by atoms with Gasteiger partial charge in [0.2, 0.25) is 10.0 Å². The van der Waals surface area contributed by atoms with E-state index in [1.54, 1.807) is 28.8 Å². The number of sulfonamides is 1. The summed E-state index contributed by atoms with van der Waals surface area (Å²) in [6.45, 7) is 2.77. The minimum atomic E-state index is -3.59. The number of nitrogens with zero attached hydrogens (tertiary/aromatic N) is 1. The van der Waals surface area contributed by atoms with Gasteiger partial charge in [0, 0.05) is 28.3 Å². The van der Waals surface area contributed by atoms with Crippen LogP contribution in [-0.2, 0) is 10.0 Å². The van der Waals surface area contributed by atoms with Crippen LogP contribution in [0.1, 0.15) is 36.5 Å². The fourth-order valence-electron chi connectivity index (χ4n) is 3.14. The summed E-state index contributed by atoms with van der Waals surface area (Å²) in [6.07, 6.45) is 2.63. The molecule has 142 valence electrons. The van der Waals surface area contributed by atoms with Crippen LogP contribution in [0.4, 0.5) is 5.69 Å². The topological polar surface area (TPSA) is 66.5 Å². The Bertz CT molecular complexity index is 971. The van der Waals surface area contributed by atoms with Gasteiger partial charge in [0.05, 0.1) is 10.6 Å². The zero-order valence-electron chi connectivity index (χ0n) is 15.1. The van der Waals surface area contributed by atoms with Crippen LogP contribution in [0.2, 0.25) is 0 Å². The molecule has 1 atom stereocenters. The first-order chi connectivity index (χ1) is 12.9. The number of carbonyl (C=O) groups excluding carboxylic acids is 1. The molecule has 2 aliphatic rings. The minimum absolute atomic E-state index is 0.0327. The molecule has 1 aliphatic carbocycles. The molecule has 0 bridgehead atoms. The average molecular weight is 403 g/mol. The molecular formula is C20H22N2O3S2. The van der Waals surface area contributed by atoms with Gasteiger partial charge in [-0.05, 0) is 49.6 Å². The van der Waals surface area contributed by atoms with Crippen molar-refractivity contribution in [3.63, 3.8) is 0 Å². The van der Waals surface area contributed by atoms with Crippen molar-refractivity contribution in [2.24, 2.45) is 0 Å². The molecule has 2 aromatic rings. The number of thioether (sulfide) groups is 1. The van der Waals surface area contributed by atoms with E-state index in [2.05, 4.69) is 11.6 Å². The van der Waals surface area contributed by atoms with Crippen LogP contribution in [-0.4, -0.2) is 32.2 Å². The van der Waals surface area contributed by atoms with Crippen molar-refractivity contribution in [1.29, 1.82) is 0 Å². The Labute approximate surface area is 164 Å². The highest BCUT2D eigenvalue weighted by atomic mass is 32.2. The SMILES string of the molecule is CC1CCN(C(=O)c2cccc(S(=O)(=O)NC3CC3)c2)c2ccccc2S1. The molecule has 0 aromatic heterocycles. The summed E-state index contributed by atoms with van der Waals surface area (Å²) < 4.78 is 27.6. The van der Waals surface area contributed by atoms with Crippen molar-refractivity contribution in [3.05, 3.63) is 54.1 Å². The number of anilines is 1. The summed E-state index contributed by atoms with van der Waals surface area (Å²) in [4.78, 5) is 16.2. The van der Waals surface area contributed by atoms with E-state index in [-0.39, 0.29) is 16.8 Å². The number of hydrogen-bond acceptors (Lipinski definition) is 4. The van der Waals surface area contributed by atoms with E-state index in [1.807, 2.05) is 24.3 Å². The van der Waals surface area contributed by atoms with Crippen molar-refractivity contribution >= 4 is 33.4 Å². The molecule has 4 rings (SSSR count). The van der Waals surface area contributed by atoms with Crippen LogP contribution >= 0.6 is 11.8 Å². The highest BCUT2D eigenvalue weighted by Crippen LogP contribution is 2.38. The first kappa shape index (κ1) is 18.5. The standard InChI is InChI=1S/C20H22N2O3S2/c1-14-11-12-22(18-7-2-3-8-19(18)26-14)20(23)15-5-4-6-17(13-15)27(24,25)21-16-9-10-16/h2-8,13-14,16,21H,9-12H2,1H3. The number of para-hydroxylation sites is 1. The summed E-state index contributed by atoms with van der Waals surface area (Å²) in [7, 11) is -3.59. The third kappa shape index (κ3) is 4.05. The normalized spacial score (nSPS) is 20.0. The lowest BCUT2D eigenvalue weighted by Crippen LogP contribution is -2.32. The van der Waals surface area contributed by atoms with Crippen LogP contribution < -0.4 is 9.62 Å². The van der Waals surface area contributed by atoms with Gasteiger partial charge >= 0.3 is 0 Å². The van der Waals surface area contributed by atoms with Crippen molar-refractivity contribution in [2.75, 3.05) is 11.4 Å². The minimum Gasteiger partial charge on any atom is -0.307 e. The van der Waals surface area contributed by atoms with Gasteiger partial charge in [-0.15, -0.1) is 11.8 Å². The lowest BCUT2D eigenvalue weighted by Gasteiger charge is -2.23.